The first kappa shape index (κ1) is 17.2. The Labute approximate surface area is 160 Å². The summed E-state index contributed by atoms with van der Waals surface area (Å²) in [4.78, 5) is 31.7. The van der Waals surface area contributed by atoms with Gasteiger partial charge >= 0.3 is 0 Å². The van der Waals surface area contributed by atoms with E-state index in [1.54, 1.807) is 22.5 Å². The highest BCUT2D eigenvalue weighted by Gasteiger charge is 2.28. The fraction of sp³-hybridized carbons (Fsp3) is 0.526. The molecule has 3 heterocycles. The third kappa shape index (κ3) is 3.10. The van der Waals surface area contributed by atoms with Crippen molar-refractivity contribution in [2.45, 2.75) is 56.5 Å². The zero-order chi connectivity index (χ0) is 19.3. The third-order valence-corrected chi connectivity index (χ3v) is 5.83. The molecule has 2 aliphatic carbocycles. The zero-order valence-corrected chi connectivity index (χ0v) is 15.8. The molecule has 0 aliphatic heterocycles. The number of nitrogens with one attached hydrogen (secondary N) is 2. The molecule has 3 aromatic heterocycles. The lowest BCUT2D eigenvalue weighted by molar-refractivity contribution is 0.301. The number of aryl methyl sites for hydroxylation is 1. The van der Waals surface area contributed by atoms with Crippen molar-refractivity contribution >= 4 is 17.0 Å². The molecule has 0 saturated heterocycles. The summed E-state index contributed by atoms with van der Waals surface area (Å²) in [5.74, 6) is 1.00. The number of hydrogen-bond donors (Lipinski definition) is 2. The van der Waals surface area contributed by atoms with E-state index in [9.17, 15) is 9.59 Å². The van der Waals surface area contributed by atoms with Gasteiger partial charge in [0.2, 0.25) is 5.95 Å². The Morgan fingerprint density at radius 2 is 1.89 bits per heavy atom. The lowest BCUT2D eigenvalue weighted by Gasteiger charge is -2.29. The van der Waals surface area contributed by atoms with Crippen molar-refractivity contribution in [1.29, 1.82) is 0 Å². The number of nitrogens with zero attached hydrogens (tertiary/aromatic N) is 5. The van der Waals surface area contributed by atoms with E-state index in [1.165, 1.54) is 19.0 Å². The van der Waals surface area contributed by atoms with Crippen molar-refractivity contribution in [2.75, 3.05) is 5.32 Å². The fourth-order valence-electron chi connectivity index (χ4n) is 4.06. The second-order valence-corrected chi connectivity index (χ2v) is 7.89. The summed E-state index contributed by atoms with van der Waals surface area (Å²) >= 11 is 0. The van der Waals surface area contributed by atoms with Crippen LogP contribution in [-0.4, -0.2) is 35.6 Å². The molecule has 3 aromatic rings. The van der Waals surface area contributed by atoms with Gasteiger partial charge in [0, 0.05) is 25.1 Å². The van der Waals surface area contributed by atoms with Crippen LogP contribution in [0.5, 0.6) is 0 Å². The van der Waals surface area contributed by atoms with E-state index < -0.39 is 0 Å². The van der Waals surface area contributed by atoms with Gasteiger partial charge in [-0.25, -0.2) is 4.68 Å². The molecule has 0 radical (unpaired) electrons. The molecular weight excluding hydrogens is 358 g/mol. The summed E-state index contributed by atoms with van der Waals surface area (Å²) in [6.07, 6.45) is 7.39. The number of aromatic amines is 1. The van der Waals surface area contributed by atoms with E-state index >= 15 is 0 Å². The number of aromatic nitrogens is 6. The van der Waals surface area contributed by atoms with Gasteiger partial charge in [-0.1, -0.05) is 0 Å². The molecule has 9 heteroatoms. The molecule has 0 aromatic carbocycles. The average molecular weight is 381 g/mol. The fourth-order valence-corrected chi connectivity index (χ4v) is 4.06. The highest BCUT2D eigenvalue weighted by molar-refractivity contribution is 5.74. The molecule has 0 spiro atoms. The van der Waals surface area contributed by atoms with Crippen LogP contribution in [-0.2, 0) is 7.05 Å². The van der Waals surface area contributed by atoms with Crippen LogP contribution in [0.2, 0.25) is 0 Å². The lowest BCUT2D eigenvalue weighted by atomic mass is 9.91. The first-order valence-electron chi connectivity index (χ1n) is 9.87. The van der Waals surface area contributed by atoms with Crippen LogP contribution >= 0.6 is 0 Å². The Morgan fingerprint density at radius 3 is 2.64 bits per heavy atom. The predicted molar refractivity (Wildman–Crippen MR) is 105 cm³/mol. The molecule has 28 heavy (non-hydrogen) atoms. The summed E-state index contributed by atoms with van der Waals surface area (Å²) in [5.41, 5.74) is 1.40. The minimum absolute atomic E-state index is 0.0199. The number of fused-ring (bicyclic) bond motifs is 1. The van der Waals surface area contributed by atoms with E-state index in [1.807, 2.05) is 6.07 Å². The molecule has 146 valence electrons. The minimum Gasteiger partial charge on any atom is -0.353 e. The number of hydrogen-bond acceptors (Lipinski definition) is 6. The maximum atomic E-state index is 12.3. The zero-order valence-electron chi connectivity index (χ0n) is 15.8. The van der Waals surface area contributed by atoms with Crippen LogP contribution in [0.15, 0.2) is 27.9 Å². The first-order chi connectivity index (χ1) is 13.6. The standard InChI is InChI=1S/C19H23N7O2/c1-25-17-14(10-20-25)18(28)23-19(22-17)21-12-4-6-13(7-5-12)26-16(27)9-8-15(24-26)11-2-3-11/h8-13H,2-7H2,1H3,(H2,21,22,23,28). The second kappa shape index (κ2) is 6.57. The Hall–Kier alpha value is -2.97. The third-order valence-electron chi connectivity index (χ3n) is 5.83. The van der Waals surface area contributed by atoms with E-state index in [2.05, 4.69) is 25.5 Å². The Kier molecular flexibility index (Phi) is 4.03. The highest BCUT2D eigenvalue weighted by Crippen LogP contribution is 2.38. The smallest absolute Gasteiger partial charge is 0.267 e. The van der Waals surface area contributed by atoms with Crippen molar-refractivity contribution in [3.63, 3.8) is 0 Å². The van der Waals surface area contributed by atoms with Gasteiger partial charge in [-0.3, -0.25) is 19.3 Å². The van der Waals surface area contributed by atoms with Crippen LogP contribution in [0.3, 0.4) is 0 Å². The van der Waals surface area contributed by atoms with E-state index in [0.717, 1.165) is 31.4 Å². The Balaban J connectivity index is 1.29. The SMILES string of the molecule is Cn1ncc2c(=O)[nH]c(NC3CCC(n4nc(C5CC5)ccc4=O)CC3)nc21. The van der Waals surface area contributed by atoms with Crippen molar-refractivity contribution in [2.24, 2.45) is 7.05 Å². The molecule has 0 bridgehead atoms. The minimum atomic E-state index is -0.193. The lowest BCUT2D eigenvalue weighted by Crippen LogP contribution is -2.34. The molecule has 9 nitrogen and oxygen atoms in total. The molecule has 0 amide bonds. The maximum absolute atomic E-state index is 12.3. The van der Waals surface area contributed by atoms with Gasteiger partial charge in [-0.05, 0) is 44.6 Å². The normalized spacial score (nSPS) is 22.5. The van der Waals surface area contributed by atoms with Gasteiger partial charge in [0.1, 0.15) is 5.39 Å². The summed E-state index contributed by atoms with van der Waals surface area (Å²) in [7, 11) is 1.77. The maximum Gasteiger partial charge on any atom is 0.267 e. The van der Waals surface area contributed by atoms with Crippen LogP contribution in [0.25, 0.3) is 11.0 Å². The molecule has 0 atom stereocenters. The summed E-state index contributed by atoms with van der Waals surface area (Å²) in [5, 5.41) is 12.5. The average Bonchev–Trinajstić information content (AvgIpc) is 3.47. The topological polar surface area (TPSA) is 110 Å². The number of H-pyrrole nitrogens is 1. The van der Waals surface area contributed by atoms with Crippen molar-refractivity contribution in [3.05, 3.63) is 44.7 Å². The van der Waals surface area contributed by atoms with Gasteiger partial charge in [-0.15, -0.1) is 0 Å². The molecular formula is C19H23N7O2. The highest BCUT2D eigenvalue weighted by atomic mass is 16.1. The molecule has 0 unspecified atom stereocenters. The number of anilines is 1. The van der Waals surface area contributed by atoms with Gasteiger partial charge in [-0.2, -0.15) is 15.2 Å². The van der Waals surface area contributed by atoms with Crippen molar-refractivity contribution in [3.8, 4) is 0 Å². The van der Waals surface area contributed by atoms with Gasteiger partial charge in [0.15, 0.2) is 5.65 Å². The van der Waals surface area contributed by atoms with Gasteiger partial charge < -0.3 is 5.32 Å². The molecule has 5 rings (SSSR count). The van der Waals surface area contributed by atoms with Gasteiger partial charge in [0.25, 0.3) is 11.1 Å². The Morgan fingerprint density at radius 1 is 1.11 bits per heavy atom. The van der Waals surface area contributed by atoms with E-state index in [-0.39, 0.29) is 23.2 Å². The second-order valence-electron chi connectivity index (χ2n) is 7.89. The van der Waals surface area contributed by atoms with Crippen LogP contribution < -0.4 is 16.4 Å². The van der Waals surface area contributed by atoms with Crippen LogP contribution in [0.4, 0.5) is 5.95 Å². The Bertz CT molecular complexity index is 1130. The number of rotatable bonds is 4. The first-order valence-corrected chi connectivity index (χ1v) is 9.87. The van der Waals surface area contributed by atoms with Crippen LogP contribution in [0.1, 0.15) is 56.2 Å². The molecule has 2 fully saturated rings. The molecule has 2 N–H and O–H groups in total. The van der Waals surface area contributed by atoms with Crippen molar-refractivity contribution in [1.82, 2.24) is 29.5 Å². The van der Waals surface area contributed by atoms with Crippen molar-refractivity contribution < 1.29 is 0 Å². The van der Waals surface area contributed by atoms with E-state index in [0.29, 0.717) is 22.9 Å². The summed E-state index contributed by atoms with van der Waals surface area (Å²) < 4.78 is 3.28. The quantitative estimate of drug-likeness (QED) is 0.711. The predicted octanol–water partition coefficient (Wildman–Crippen LogP) is 1.69. The monoisotopic (exact) mass is 381 g/mol. The molecule has 2 saturated carbocycles. The largest absolute Gasteiger partial charge is 0.353 e. The molecule has 2 aliphatic rings. The van der Waals surface area contributed by atoms with Crippen LogP contribution in [0, 0.1) is 0 Å². The summed E-state index contributed by atoms with van der Waals surface area (Å²) in [6, 6.07) is 3.87. The van der Waals surface area contributed by atoms with E-state index in [4.69, 9.17) is 0 Å². The summed E-state index contributed by atoms with van der Waals surface area (Å²) in [6.45, 7) is 0. The van der Waals surface area contributed by atoms with Gasteiger partial charge in [0.05, 0.1) is 17.9 Å².